The molecule has 1 amide bonds. The van der Waals surface area contributed by atoms with Crippen LogP contribution < -0.4 is 5.32 Å². The monoisotopic (exact) mass is 223 g/mol. The number of carbonyl (C=O) groups is 1. The van der Waals surface area contributed by atoms with E-state index in [2.05, 4.69) is 19.2 Å². The Morgan fingerprint density at radius 1 is 1.44 bits per heavy atom. The summed E-state index contributed by atoms with van der Waals surface area (Å²) in [6, 6.07) is 0. The predicted octanol–water partition coefficient (Wildman–Crippen LogP) is 2.98. The van der Waals surface area contributed by atoms with E-state index in [1.54, 1.807) is 7.05 Å². The second-order valence-corrected chi connectivity index (χ2v) is 6.25. The highest BCUT2D eigenvalue weighted by Crippen LogP contribution is 2.58. The van der Waals surface area contributed by atoms with E-state index in [0.717, 1.165) is 18.8 Å². The van der Waals surface area contributed by atoms with Crippen LogP contribution in [0.1, 0.15) is 52.4 Å². The molecule has 2 rings (SSSR count). The van der Waals surface area contributed by atoms with Gasteiger partial charge in [0, 0.05) is 7.05 Å². The van der Waals surface area contributed by atoms with Gasteiger partial charge >= 0.3 is 0 Å². The average molecular weight is 223 g/mol. The Balaban J connectivity index is 2.11. The van der Waals surface area contributed by atoms with Crippen LogP contribution in [-0.4, -0.2) is 13.0 Å². The van der Waals surface area contributed by atoms with Crippen LogP contribution in [0, 0.1) is 23.2 Å². The molecule has 92 valence electrons. The number of rotatable bonds is 4. The molecule has 2 aliphatic rings. The van der Waals surface area contributed by atoms with Crippen LogP contribution >= 0.6 is 0 Å². The topological polar surface area (TPSA) is 29.1 Å². The Hall–Kier alpha value is -0.530. The van der Waals surface area contributed by atoms with Gasteiger partial charge in [-0.15, -0.1) is 0 Å². The first kappa shape index (κ1) is 11.9. The summed E-state index contributed by atoms with van der Waals surface area (Å²) in [7, 11) is 1.80. The van der Waals surface area contributed by atoms with Gasteiger partial charge in [-0.2, -0.15) is 0 Å². The Morgan fingerprint density at radius 2 is 2.19 bits per heavy atom. The first-order valence-electron chi connectivity index (χ1n) is 6.80. The Labute approximate surface area is 99.2 Å². The van der Waals surface area contributed by atoms with Gasteiger partial charge in [-0.25, -0.2) is 0 Å². The maximum atomic E-state index is 12.2. The smallest absolute Gasteiger partial charge is 0.226 e. The molecule has 16 heavy (non-hydrogen) atoms. The number of fused-ring (bicyclic) bond motifs is 2. The lowest BCUT2D eigenvalue weighted by molar-refractivity contribution is -0.134. The molecule has 0 aromatic rings. The highest BCUT2D eigenvalue weighted by molar-refractivity contribution is 5.83. The Morgan fingerprint density at radius 3 is 2.62 bits per heavy atom. The van der Waals surface area contributed by atoms with Crippen LogP contribution in [0.25, 0.3) is 0 Å². The van der Waals surface area contributed by atoms with Crippen molar-refractivity contribution in [2.24, 2.45) is 23.2 Å². The van der Waals surface area contributed by atoms with E-state index < -0.39 is 0 Å². The zero-order valence-corrected chi connectivity index (χ0v) is 10.9. The first-order chi connectivity index (χ1) is 7.58. The Bertz CT molecular complexity index is 274. The van der Waals surface area contributed by atoms with Gasteiger partial charge < -0.3 is 5.32 Å². The number of hydrogen-bond donors (Lipinski definition) is 1. The van der Waals surface area contributed by atoms with E-state index in [9.17, 15) is 4.79 Å². The van der Waals surface area contributed by atoms with E-state index in [4.69, 9.17) is 0 Å². The number of carbonyl (C=O) groups excluding carboxylic acids is 1. The molecule has 0 aromatic heterocycles. The lowest BCUT2D eigenvalue weighted by Crippen LogP contribution is -2.43. The lowest BCUT2D eigenvalue weighted by atomic mass is 9.68. The minimum Gasteiger partial charge on any atom is -0.359 e. The highest BCUT2D eigenvalue weighted by atomic mass is 16.2. The summed E-state index contributed by atoms with van der Waals surface area (Å²) in [6.45, 7) is 4.51. The molecule has 2 aliphatic carbocycles. The van der Waals surface area contributed by atoms with Gasteiger partial charge in [0.25, 0.3) is 0 Å². The molecular weight excluding hydrogens is 198 g/mol. The van der Waals surface area contributed by atoms with Gasteiger partial charge in [0.05, 0.1) is 5.41 Å². The van der Waals surface area contributed by atoms with E-state index in [1.807, 2.05) is 0 Å². The second-order valence-electron chi connectivity index (χ2n) is 6.25. The fraction of sp³-hybridized carbons (Fsp3) is 0.929. The van der Waals surface area contributed by atoms with Crippen molar-refractivity contribution in [1.82, 2.24) is 5.32 Å². The minimum atomic E-state index is 0.00192. The largest absolute Gasteiger partial charge is 0.359 e. The molecule has 0 heterocycles. The van der Waals surface area contributed by atoms with Crippen molar-refractivity contribution in [2.45, 2.75) is 52.4 Å². The molecule has 0 radical (unpaired) electrons. The van der Waals surface area contributed by atoms with Gasteiger partial charge in [0.15, 0.2) is 0 Å². The van der Waals surface area contributed by atoms with Gasteiger partial charge in [-0.1, -0.05) is 20.3 Å². The SMILES string of the molecule is CNC(=O)C1(CCC(C)C)CC2CCC1C2. The van der Waals surface area contributed by atoms with Crippen molar-refractivity contribution in [3.63, 3.8) is 0 Å². The molecular formula is C14H25NO. The standard InChI is InChI=1S/C14H25NO/c1-10(2)6-7-14(13(16)15-3)9-11-4-5-12(14)8-11/h10-12H,4-9H2,1-3H3,(H,15,16). The van der Waals surface area contributed by atoms with Crippen molar-refractivity contribution in [3.8, 4) is 0 Å². The van der Waals surface area contributed by atoms with Gasteiger partial charge in [0.2, 0.25) is 5.91 Å². The van der Waals surface area contributed by atoms with Crippen molar-refractivity contribution < 1.29 is 4.79 Å². The lowest BCUT2D eigenvalue weighted by Gasteiger charge is -2.36. The zero-order valence-electron chi connectivity index (χ0n) is 10.9. The second kappa shape index (κ2) is 4.38. The fourth-order valence-electron chi connectivity index (χ4n) is 3.94. The number of amides is 1. The summed E-state index contributed by atoms with van der Waals surface area (Å²) < 4.78 is 0. The third-order valence-electron chi connectivity index (χ3n) is 4.82. The summed E-state index contributed by atoms with van der Waals surface area (Å²) >= 11 is 0. The molecule has 0 aromatic carbocycles. The maximum Gasteiger partial charge on any atom is 0.226 e. The van der Waals surface area contributed by atoms with Crippen molar-refractivity contribution in [3.05, 3.63) is 0 Å². The summed E-state index contributed by atoms with van der Waals surface area (Å²) in [5.41, 5.74) is 0.00192. The average Bonchev–Trinajstić information content (AvgIpc) is 2.85. The normalized spacial score (nSPS) is 37.0. The maximum absolute atomic E-state index is 12.2. The van der Waals surface area contributed by atoms with E-state index in [0.29, 0.717) is 17.7 Å². The van der Waals surface area contributed by atoms with Gasteiger partial charge in [-0.05, 0) is 49.9 Å². The third kappa shape index (κ3) is 1.87. The molecule has 0 spiro atoms. The van der Waals surface area contributed by atoms with E-state index >= 15 is 0 Å². The molecule has 3 atom stereocenters. The van der Waals surface area contributed by atoms with E-state index in [-0.39, 0.29) is 5.41 Å². The predicted molar refractivity (Wildman–Crippen MR) is 66.0 cm³/mol. The number of nitrogens with one attached hydrogen (secondary N) is 1. The molecule has 2 saturated carbocycles. The summed E-state index contributed by atoms with van der Waals surface area (Å²) in [4.78, 5) is 12.2. The van der Waals surface area contributed by atoms with Crippen molar-refractivity contribution >= 4 is 5.91 Å². The molecule has 1 N–H and O–H groups in total. The summed E-state index contributed by atoms with van der Waals surface area (Å²) in [5, 5.41) is 2.92. The molecule has 2 nitrogen and oxygen atoms in total. The third-order valence-corrected chi connectivity index (χ3v) is 4.82. The fourth-order valence-corrected chi connectivity index (χ4v) is 3.94. The Kier molecular flexibility index (Phi) is 3.27. The highest BCUT2D eigenvalue weighted by Gasteiger charge is 2.54. The van der Waals surface area contributed by atoms with Gasteiger partial charge in [0.1, 0.15) is 0 Å². The molecule has 2 heteroatoms. The van der Waals surface area contributed by atoms with Crippen LogP contribution in [-0.2, 0) is 4.79 Å². The van der Waals surface area contributed by atoms with Crippen LogP contribution in [0.3, 0.4) is 0 Å². The molecule has 0 saturated heterocycles. The molecule has 2 bridgehead atoms. The zero-order chi connectivity index (χ0) is 11.8. The van der Waals surface area contributed by atoms with Gasteiger partial charge in [-0.3, -0.25) is 4.79 Å². The first-order valence-corrected chi connectivity index (χ1v) is 6.80. The van der Waals surface area contributed by atoms with Crippen molar-refractivity contribution in [1.29, 1.82) is 0 Å². The molecule has 0 aliphatic heterocycles. The molecule has 2 fully saturated rings. The van der Waals surface area contributed by atoms with Crippen molar-refractivity contribution in [2.75, 3.05) is 7.05 Å². The number of hydrogen-bond acceptors (Lipinski definition) is 1. The summed E-state index contributed by atoms with van der Waals surface area (Å²) in [5.74, 6) is 2.55. The van der Waals surface area contributed by atoms with Crippen LogP contribution in [0.4, 0.5) is 0 Å². The summed E-state index contributed by atoms with van der Waals surface area (Å²) in [6.07, 6.45) is 7.42. The molecule has 3 unspecified atom stereocenters. The van der Waals surface area contributed by atoms with Crippen LogP contribution in [0.5, 0.6) is 0 Å². The van der Waals surface area contributed by atoms with Crippen LogP contribution in [0.15, 0.2) is 0 Å². The quantitative estimate of drug-likeness (QED) is 0.780. The minimum absolute atomic E-state index is 0.00192. The van der Waals surface area contributed by atoms with E-state index in [1.165, 1.54) is 25.7 Å². The van der Waals surface area contributed by atoms with Crippen LogP contribution in [0.2, 0.25) is 0 Å².